The van der Waals surface area contributed by atoms with Crippen molar-refractivity contribution in [1.29, 1.82) is 0 Å². The minimum atomic E-state index is -0.145. The highest BCUT2D eigenvalue weighted by Crippen LogP contribution is 2.23. The Morgan fingerprint density at radius 3 is 2.50 bits per heavy atom. The summed E-state index contributed by atoms with van der Waals surface area (Å²) in [5, 5.41) is 8.41. The average Bonchev–Trinajstić information content (AvgIpc) is 2.69. The lowest BCUT2D eigenvalue weighted by molar-refractivity contribution is -0.119. The van der Waals surface area contributed by atoms with Gasteiger partial charge in [-0.25, -0.2) is 0 Å². The number of aromatic nitrogens is 2. The van der Waals surface area contributed by atoms with Gasteiger partial charge in [0, 0.05) is 38.4 Å². The van der Waals surface area contributed by atoms with Gasteiger partial charge in [0.1, 0.15) is 0 Å². The molecule has 1 aliphatic heterocycles. The summed E-state index contributed by atoms with van der Waals surface area (Å²) in [6.07, 6.45) is 0.820. The van der Waals surface area contributed by atoms with Gasteiger partial charge in [0.05, 0.1) is 0 Å². The Hall–Kier alpha value is -2.96. The lowest BCUT2D eigenvalue weighted by atomic mass is 10.2. The van der Waals surface area contributed by atoms with E-state index in [0.717, 1.165) is 18.6 Å². The highest BCUT2D eigenvalue weighted by Gasteiger charge is 2.22. The van der Waals surface area contributed by atoms with Crippen LogP contribution >= 0.6 is 0 Å². The zero-order valence-electron chi connectivity index (χ0n) is 15.1. The Balaban J connectivity index is 1.73. The third kappa shape index (κ3) is 3.82. The van der Waals surface area contributed by atoms with Gasteiger partial charge in [0.15, 0.2) is 11.5 Å². The van der Waals surface area contributed by atoms with Crippen molar-refractivity contribution in [3.8, 4) is 0 Å². The number of carbonyl (C=O) groups is 2. The first-order chi connectivity index (χ1) is 12.6. The lowest BCUT2D eigenvalue weighted by Crippen LogP contribution is -2.48. The Morgan fingerprint density at radius 1 is 1.15 bits per heavy atom. The van der Waals surface area contributed by atoms with Gasteiger partial charge >= 0.3 is 0 Å². The number of aryl methyl sites for hydroxylation is 1. The fraction of sp³-hybridized carbons (Fsp3) is 0.368. The molecule has 0 N–H and O–H groups in total. The van der Waals surface area contributed by atoms with Crippen LogP contribution in [0.5, 0.6) is 0 Å². The Labute approximate surface area is 153 Å². The summed E-state index contributed by atoms with van der Waals surface area (Å²) >= 11 is 0. The van der Waals surface area contributed by atoms with Crippen molar-refractivity contribution < 1.29 is 9.59 Å². The monoisotopic (exact) mass is 353 g/mol. The highest BCUT2D eigenvalue weighted by atomic mass is 16.2. The smallest absolute Gasteiger partial charge is 0.274 e. The molecule has 1 saturated heterocycles. The third-order valence-electron chi connectivity index (χ3n) is 4.53. The molecule has 0 saturated carbocycles. The van der Waals surface area contributed by atoms with E-state index in [1.807, 2.05) is 18.2 Å². The van der Waals surface area contributed by atoms with Crippen molar-refractivity contribution >= 4 is 23.8 Å². The van der Waals surface area contributed by atoms with Gasteiger partial charge in [0.2, 0.25) is 6.41 Å². The summed E-state index contributed by atoms with van der Waals surface area (Å²) in [5.74, 6) is 0.564. The molecule has 0 radical (unpaired) electrons. The second-order valence-electron chi connectivity index (χ2n) is 6.29. The van der Waals surface area contributed by atoms with Crippen molar-refractivity contribution in [3.63, 3.8) is 0 Å². The number of rotatable bonds is 5. The summed E-state index contributed by atoms with van der Waals surface area (Å²) in [7, 11) is 0. The van der Waals surface area contributed by atoms with Crippen LogP contribution in [0, 0.1) is 6.92 Å². The van der Waals surface area contributed by atoms with Crippen LogP contribution in [0.1, 0.15) is 23.0 Å². The summed E-state index contributed by atoms with van der Waals surface area (Å²) in [5.41, 5.74) is 2.55. The fourth-order valence-electron chi connectivity index (χ4n) is 3.05. The quantitative estimate of drug-likeness (QED) is 0.768. The summed E-state index contributed by atoms with van der Waals surface area (Å²) in [6, 6.07) is 11.7. The first-order valence-electron chi connectivity index (χ1n) is 8.79. The van der Waals surface area contributed by atoms with Crippen LogP contribution in [0.4, 0.5) is 11.5 Å². The van der Waals surface area contributed by atoms with Crippen LogP contribution in [0.25, 0.3) is 0 Å². The van der Waals surface area contributed by atoms with Crippen molar-refractivity contribution in [2.45, 2.75) is 13.8 Å². The van der Waals surface area contributed by atoms with E-state index >= 15 is 0 Å². The minimum Gasteiger partial charge on any atom is -0.342 e. The molecular weight excluding hydrogens is 330 g/mol. The van der Waals surface area contributed by atoms with Gasteiger partial charge in [-0.2, -0.15) is 0 Å². The molecule has 1 aliphatic rings. The molecule has 0 spiro atoms. The predicted molar refractivity (Wildman–Crippen MR) is 99.4 cm³/mol. The molecule has 0 aliphatic carbocycles. The second kappa shape index (κ2) is 7.95. The molecule has 7 heteroatoms. The number of piperazine rings is 1. The topological polar surface area (TPSA) is 69.6 Å². The molecule has 1 aromatic heterocycles. The van der Waals surface area contributed by atoms with E-state index in [9.17, 15) is 9.59 Å². The van der Waals surface area contributed by atoms with Crippen molar-refractivity contribution in [3.05, 3.63) is 47.7 Å². The van der Waals surface area contributed by atoms with Crippen LogP contribution < -0.4 is 4.90 Å². The number of amides is 2. The van der Waals surface area contributed by atoms with E-state index in [1.54, 1.807) is 15.9 Å². The standard InChI is InChI=1S/C19H23N5O2/c1-3-24(16-6-4-5-15(2)13-16)18-8-7-17(20-21-18)19(26)23-11-9-22(14-25)10-12-23/h4-8,13-14H,3,9-12H2,1-2H3. The largest absolute Gasteiger partial charge is 0.342 e. The first-order valence-corrected chi connectivity index (χ1v) is 8.79. The van der Waals surface area contributed by atoms with Crippen molar-refractivity contribution in [1.82, 2.24) is 20.0 Å². The Kier molecular flexibility index (Phi) is 5.46. The molecule has 2 heterocycles. The normalized spacial score (nSPS) is 14.2. The van der Waals surface area contributed by atoms with E-state index in [-0.39, 0.29) is 5.91 Å². The number of benzene rings is 1. The molecule has 0 atom stereocenters. The van der Waals surface area contributed by atoms with Crippen LogP contribution in [0.2, 0.25) is 0 Å². The molecule has 7 nitrogen and oxygen atoms in total. The van der Waals surface area contributed by atoms with Crippen LogP contribution in [0.15, 0.2) is 36.4 Å². The van der Waals surface area contributed by atoms with E-state index in [0.29, 0.717) is 37.7 Å². The molecular formula is C19H23N5O2. The molecule has 0 bridgehead atoms. The zero-order chi connectivity index (χ0) is 18.5. The van der Waals surface area contributed by atoms with Gasteiger partial charge in [-0.15, -0.1) is 10.2 Å². The van der Waals surface area contributed by atoms with Crippen molar-refractivity contribution in [2.24, 2.45) is 0 Å². The maximum atomic E-state index is 12.6. The van der Waals surface area contributed by atoms with Crippen molar-refractivity contribution in [2.75, 3.05) is 37.6 Å². The van der Waals surface area contributed by atoms with E-state index in [2.05, 4.69) is 41.1 Å². The molecule has 136 valence electrons. The van der Waals surface area contributed by atoms with Crippen LogP contribution in [-0.4, -0.2) is 65.0 Å². The number of anilines is 2. The van der Waals surface area contributed by atoms with E-state index in [1.165, 1.54) is 5.56 Å². The molecule has 26 heavy (non-hydrogen) atoms. The number of carbonyl (C=O) groups excluding carboxylic acids is 2. The lowest BCUT2D eigenvalue weighted by Gasteiger charge is -2.32. The summed E-state index contributed by atoms with van der Waals surface area (Å²) in [6.45, 7) is 7.00. The minimum absolute atomic E-state index is 0.145. The molecule has 2 amide bonds. The van der Waals surface area contributed by atoms with Crippen LogP contribution in [-0.2, 0) is 4.79 Å². The maximum absolute atomic E-state index is 12.6. The first kappa shape index (κ1) is 17.8. The summed E-state index contributed by atoms with van der Waals surface area (Å²) in [4.78, 5) is 28.8. The molecule has 2 aromatic rings. The fourth-order valence-corrected chi connectivity index (χ4v) is 3.05. The van der Waals surface area contributed by atoms with Gasteiger partial charge in [-0.3, -0.25) is 9.59 Å². The number of hydrogen-bond donors (Lipinski definition) is 0. The average molecular weight is 353 g/mol. The Bertz CT molecular complexity index is 770. The zero-order valence-corrected chi connectivity index (χ0v) is 15.1. The van der Waals surface area contributed by atoms with Crippen LogP contribution in [0.3, 0.4) is 0 Å². The third-order valence-corrected chi connectivity index (χ3v) is 4.53. The Morgan fingerprint density at radius 2 is 1.92 bits per heavy atom. The van der Waals surface area contributed by atoms with Gasteiger partial charge in [-0.1, -0.05) is 12.1 Å². The number of hydrogen-bond acceptors (Lipinski definition) is 5. The molecule has 3 rings (SSSR count). The number of nitrogens with zero attached hydrogens (tertiary/aromatic N) is 5. The van der Waals surface area contributed by atoms with Gasteiger partial charge in [0.25, 0.3) is 5.91 Å². The highest BCUT2D eigenvalue weighted by molar-refractivity contribution is 5.92. The van der Waals surface area contributed by atoms with Gasteiger partial charge < -0.3 is 14.7 Å². The second-order valence-corrected chi connectivity index (χ2v) is 6.29. The molecule has 0 unspecified atom stereocenters. The summed E-state index contributed by atoms with van der Waals surface area (Å²) < 4.78 is 0. The maximum Gasteiger partial charge on any atom is 0.274 e. The van der Waals surface area contributed by atoms with E-state index in [4.69, 9.17) is 0 Å². The van der Waals surface area contributed by atoms with E-state index < -0.39 is 0 Å². The van der Waals surface area contributed by atoms with Gasteiger partial charge in [-0.05, 0) is 43.7 Å². The SMILES string of the molecule is CCN(c1cccc(C)c1)c1ccc(C(=O)N2CCN(C=O)CC2)nn1. The molecule has 1 aromatic carbocycles. The molecule has 1 fully saturated rings. The predicted octanol–water partition coefficient (Wildman–Crippen LogP) is 1.86.